The van der Waals surface area contributed by atoms with E-state index in [1.165, 1.54) is 0 Å². The molecular formula is C17H27F3. The lowest BCUT2D eigenvalue weighted by atomic mass is 9.60. The number of alkyl halides is 3. The van der Waals surface area contributed by atoms with Gasteiger partial charge < -0.3 is 0 Å². The summed E-state index contributed by atoms with van der Waals surface area (Å²) in [6.45, 7) is 2.24. The van der Waals surface area contributed by atoms with E-state index in [0.29, 0.717) is 12.3 Å². The van der Waals surface area contributed by atoms with Gasteiger partial charge in [0.2, 0.25) is 0 Å². The van der Waals surface area contributed by atoms with Crippen LogP contribution in [0.1, 0.15) is 58.3 Å². The summed E-state index contributed by atoms with van der Waals surface area (Å²) in [6.07, 6.45) is 3.16. The molecular weight excluding hydrogens is 261 g/mol. The van der Waals surface area contributed by atoms with Crippen LogP contribution in [-0.2, 0) is 0 Å². The zero-order valence-electron chi connectivity index (χ0n) is 12.4. The molecule has 0 bridgehead atoms. The van der Waals surface area contributed by atoms with E-state index in [2.05, 4.69) is 6.92 Å². The smallest absolute Gasteiger partial charge is 0.137 e. The van der Waals surface area contributed by atoms with Gasteiger partial charge in [-0.25, -0.2) is 13.2 Å². The fourth-order valence-corrected chi connectivity index (χ4v) is 5.08. The maximum absolute atomic E-state index is 14.5. The summed E-state index contributed by atoms with van der Waals surface area (Å²) in [4.78, 5) is 0. The van der Waals surface area contributed by atoms with Crippen LogP contribution < -0.4 is 0 Å². The van der Waals surface area contributed by atoms with Crippen molar-refractivity contribution >= 4 is 0 Å². The SMILES string of the molecule is CC1CCC(C2CC3CCCC(F)C3C(F)C2F)CC1. The van der Waals surface area contributed by atoms with Gasteiger partial charge in [0.15, 0.2) is 0 Å². The molecule has 0 aromatic rings. The minimum atomic E-state index is -1.56. The molecule has 3 aliphatic rings. The third kappa shape index (κ3) is 2.62. The fourth-order valence-electron chi connectivity index (χ4n) is 5.08. The lowest BCUT2D eigenvalue weighted by Crippen LogP contribution is -2.50. The highest BCUT2D eigenvalue weighted by atomic mass is 19.2. The second kappa shape index (κ2) is 5.88. The summed E-state index contributed by atoms with van der Waals surface area (Å²) < 4.78 is 42.9. The Kier molecular flexibility index (Phi) is 4.33. The molecule has 0 heterocycles. The van der Waals surface area contributed by atoms with E-state index in [4.69, 9.17) is 0 Å². The molecule has 0 aromatic carbocycles. The summed E-state index contributed by atoms with van der Waals surface area (Å²) >= 11 is 0. The molecule has 0 N–H and O–H groups in total. The Bertz CT molecular complexity index is 322. The average Bonchev–Trinajstić information content (AvgIpc) is 2.44. The van der Waals surface area contributed by atoms with Gasteiger partial charge in [-0.3, -0.25) is 0 Å². The highest BCUT2D eigenvalue weighted by molar-refractivity contribution is 4.99. The molecule has 3 aliphatic carbocycles. The Balaban J connectivity index is 1.70. The first-order chi connectivity index (χ1) is 9.58. The van der Waals surface area contributed by atoms with Crippen molar-refractivity contribution < 1.29 is 13.2 Å². The van der Waals surface area contributed by atoms with Gasteiger partial charge in [-0.1, -0.05) is 26.2 Å². The number of halogens is 3. The van der Waals surface area contributed by atoms with Gasteiger partial charge in [-0.2, -0.15) is 0 Å². The molecule has 0 saturated heterocycles. The summed E-state index contributed by atoms with van der Waals surface area (Å²) in [7, 11) is 0. The second-order valence-corrected chi connectivity index (χ2v) is 7.59. The van der Waals surface area contributed by atoms with Crippen LogP contribution in [0.4, 0.5) is 13.2 Å². The minimum absolute atomic E-state index is 0.0881. The average molecular weight is 288 g/mol. The standard InChI is InChI=1S/C17H27F3/c1-10-5-7-11(8-6-10)13-9-12-3-2-4-14(18)15(12)17(20)16(13)19/h10-17H,2-9H2,1H3. The van der Waals surface area contributed by atoms with E-state index in [0.717, 1.165) is 50.9 Å². The summed E-state index contributed by atoms with van der Waals surface area (Å²) in [5.74, 6) is 0.346. The van der Waals surface area contributed by atoms with Gasteiger partial charge >= 0.3 is 0 Å². The van der Waals surface area contributed by atoms with Crippen molar-refractivity contribution in [1.82, 2.24) is 0 Å². The van der Waals surface area contributed by atoms with E-state index in [1.54, 1.807) is 0 Å². The molecule has 6 atom stereocenters. The summed E-state index contributed by atoms with van der Waals surface area (Å²) in [5.41, 5.74) is 0. The molecule has 3 heteroatoms. The predicted octanol–water partition coefficient (Wildman–Crippen LogP) is 5.26. The molecule has 3 fully saturated rings. The third-order valence-electron chi connectivity index (χ3n) is 6.34. The molecule has 0 amide bonds. The van der Waals surface area contributed by atoms with E-state index in [-0.39, 0.29) is 11.8 Å². The minimum Gasteiger partial charge on any atom is -0.247 e. The Morgan fingerprint density at radius 2 is 1.45 bits per heavy atom. The predicted molar refractivity (Wildman–Crippen MR) is 74.7 cm³/mol. The van der Waals surface area contributed by atoms with Crippen LogP contribution in [0.15, 0.2) is 0 Å². The normalized spacial score (nSPS) is 53.4. The summed E-state index contributed by atoms with van der Waals surface area (Å²) in [5, 5.41) is 0. The first-order valence-corrected chi connectivity index (χ1v) is 8.50. The molecule has 0 radical (unpaired) electrons. The highest BCUT2D eigenvalue weighted by Gasteiger charge is 2.51. The Morgan fingerprint density at radius 1 is 0.750 bits per heavy atom. The zero-order chi connectivity index (χ0) is 14.3. The van der Waals surface area contributed by atoms with Crippen LogP contribution in [0, 0.1) is 29.6 Å². The molecule has 0 aromatic heterocycles. The van der Waals surface area contributed by atoms with Gasteiger partial charge in [0.05, 0.1) is 0 Å². The monoisotopic (exact) mass is 288 g/mol. The van der Waals surface area contributed by atoms with Crippen molar-refractivity contribution in [2.24, 2.45) is 29.6 Å². The van der Waals surface area contributed by atoms with Crippen LogP contribution in [0.3, 0.4) is 0 Å². The van der Waals surface area contributed by atoms with Gasteiger partial charge in [-0.15, -0.1) is 0 Å². The number of hydrogen-bond donors (Lipinski definition) is 0. The maximum atomic E-state index is 14.5. The third-order valence-corrected chi connectivity index (χ3v) is 6.34. The van der Waals surface area contributed by atoms with E-state index >= 15 is 0 Å². The number of hydrogen-bond acceptors (Lipinski definition) is 0. The van der Waals surface area contributed by atoms with Gasteiger partial charge in [0.1, 0.15) is 18.5 Å². The zero-order valence-corrected chi connectivity index (χ0v) is 12.4. The number of fused-ring (bicyclic) bond motifs is 1. The van der Waals surface area contributed by atoms with Crippen molar-refractivity contribution in [3.05, 3.63) is 0 Å². The molecule has 6 unspecified atom stereocenters. The summed E-state index contributed by atoms with van der Waals surface area (Å²) in [6, 6.07) is 0. The fraction of sp³-hybridized carbons (Fsp3) is 1.00. The molecule has 0 nitrogen and oxygen atoms in total. The van der Waals surface area contributed by atoms with Crippen LogP contribution in [0.5, 0.6) is 0 Å². The lowest BCUT2D eigenvalue weighted by molar-refractivity contribution is -0.0824. The van der Waals surface area contributed by atoms with Crippen molar-refractivity contribution in [3.8, 4) is 0 Å². The van der Waals surface area contributed by atoms with Crippen LogP contribution in [0.2, 0.25) is 0 Å². The van der Waals surface area contributed by atoms with Crippen molar-refractivity contribution in [1.29, 1.82) is 0 Å². The quantitative estimate of drug-likeness (QED) is 0.617. The molecule has 3 saturated carbocycles. The lowest BCUT2D eigenvalue weighted by Gasteiger charge is -2.47. The molecule has 0 spiro atoms. The Hall–Kier alpha value is -0.210. The molecule has 20 heavy (non-hydrogen) atoms. The molecule has 3 rings (SSSR count). The first-order valence-electron chi connectivity index (χ1n) is 8.50. The van der Waals surface area contributed by atoms with Crippen molar-refractivity contribution in [2.75, 3.05) is 0 Å². The molecule has 0 aliphatic heterocycles. The van der Waals surface area contributed by atoms with Crippen LogP contribution in [0.25, 0.3) is 0 Å². The largest absolute Gasteiger partial charge is 0.247 e. The number of rotatable bonds is 1. The van der Waals surface area contributed by atoms with E-state index < -0.39 is 24.4 Å². The molecule has 116 valence electrons. The van der Waals surface area contributed by atoms with Crippen LogP contribution in [-0.4, -0.2) is 18.5 Å². The topological polar surface area (TPSA) is 0 Å². The Labute approximate surface area is 120 Å². The van der Waals surface area contributed by atoms with Crippen molar-refractivity contribution in [3.63, 3.8) is 0 Å². The van der Waals surface area contributed by atoms with Crippen molar-refractivity contribution in [2.45, 2.75) is 76.8 Å². The van der Waals surface area contributed by atoms with E-state index in [9.17, 15) is 13.2 Å². The first kappa shape index (κ1) is 14.7. The van der Waals surface area contributed by atoms with E-state index in [1.807, 2.05) is 0 Å². The van der Waals surface area contributed by atoms with Gasteiger partial charge in [0.25, 0.3) is 0 Å². The maximum Gasteiger partial charge on any atom is 0.137 e. The van der Waals surface area contributed by atoms with Crippen LogP contribution >= 0.6 is 0 Å². The Morgan fingerprint density at radius 3 is 2.15 bits per heavy atom. The second-order valence-electron chi connectivity index (χ2n) is 7.59. The highest BCUT2D eigenvalue weighted by Crippen LogP contribution is 2.50. The van der Waals surface area contributed by atoms with Gasteiger partial charge in [0, 0.05) is 5.92 Å². The van der Waals surface area contributed by atoms with Gasteiger partial charge in [-0.05, 0) is 55.8 Å².